The number of aliphatic imine (C=N–C) groups is 1. The fraction of sp³-hybridized carbons (Fsp3) is 0.912. The summed E-state index contributed by atoms with van der Waals surface area (Å²) in [4.78, 5) is 3.96. The molecule has 232 valence electrons. The SMILES string of the molecule is C=C1CC2(CCC(CCC3(O)CCCC(O)C3)C2)C2OC2(C)CCC2C1CC2(C)C1CCC(C(O)NC(N)=NC)C1. The van der Waals surface area contributed by atoms with Gasteiger partial charge in [0, 0.05) is 24.8 Å². The first-order valence-electron chi connectivity index (χ1n) is 16.8. The molecule has 12 unspecified atom stereocenters. The minimum atomic E-state index is -0.675. The number of aliphatic hydroxyl groups excluding tert-OH is 2. The Morgan fingerprint density at radius 1 is 1.12 bits per heavy atom. The van der Waals surface area contributed by atoms with E-state index in [2.05, 4.69) is 24.2 Å². The lowest BCUT2D eigenvalue weighted by atomic mass is 9.46. The predicted octanol–water partition coefficient (Wildman–Crippen LogP) is 5.03. The van der Waals surface area contributed by atoms with Gasteiger partial charge in [-0.25, -0.2) is 0 Å². The van der Waals surface area contributed by atoms with Crippen LogP contribution in [-0.4, -0.2) is 58.0 Å². The second-order valence-corrected chi connectivity index (χ2v) is 16.1. The highest BCUT2D eigenvalue weighted by molar-refractivity contribution is 5.77. The molecule has 6 rings (SSSR count). The Kier molecular flexibility index (Phi) is 7.86. The first-order chi connectivity index (χ1) is 19.4. The zero-order valence-corrected chi connectivity index (χ0v) is 25.9. The molecule has 7 nitrogen and oxygen atoms in total. The number of ether oxygens (including phenoxy) is 1. The molecule has 5 aliphatic carbocycles. The average Bonchev–Trinajstić information content (AvgIpc) is 3.24. The van der Waals surface area contributed by atoms with Gasteiger partial charge in [0.15, 0.2) is 5.96 Å². The van der Waals surface area contributed by atoms with Crippen molar-refractivity contribution in [1.29, 1.82) is 0 Å². The van der Waals surface area contributed by atoms with Gasteiger partial charge in [0.2, 0.25) is 0 Å². The van der Waals surface area contributed by atoms with Gasteiger partial charge in [0.1, 0.15) is 6.23 Å². The van der Waals surface area contributed by atoms with Crippen molar-refractivity contribution in [2.75, 3.05) is 7.05 Å². The number of rotatable bonds is 6. The lowest BCUT2D eigenvalue weighted by Crippen LogP contribution is -2.51. The van der Waals surface area contributed by atoms with Gasteiger partial charge in [0.25, 0.3) is 0 Å². The molecular formula is C34H57N3O4. The Hall–Kier alpha value is -1.15. The summed E-state index contributed by atoms with van der Waals surface area (Å²) in [6.07, 6.45) is 15.9. The van der Waals surface area contributed by atoms with Crippen molar-refractivity contribution in [2.24, 2.45) is 51.1 Å². The van der Waals surface area contributed by atoms with Gasteiger partial charge in [0.05, 0.1) is 23.4 Å². The third-order valence-electron chi connectivity index (χ3n) is 13.4. The summed E-state index contributed by atoms with van der Waals surface area (Å²) in [6.45, 7) is 9.67. The molecule has 1 aliphatic heterocycles. The fourth-order valence-corrected chi connectivity index (χ4v) is 11.0. The van der Waals surface area contributed by atoms with Crippen LogP contribution in [0.4, 0.5) is 0 Å². The zero-order valence-electron chi connectivity index (χ0n) is 25.9. The Morgan fingerprint density at radius 2 is 1.93 bits per heavy atom. The highest BCUT2D eigenvalue weighted by atomic mass is 16.6. The summed E-state index contributed by atoms with van der Waals surface area (Å²) < 4.78 is 6.65. The van der Waals surface area contributed by atoms with E-state index in [1.54, 1.807) is 7.05 Å². The van der Waals surface area contributed by atoms with Gasteiger partial charge in [-0.05, 0) is 132 Å². The molecule has 0 aromatic carbocycles. The molecule has 1 spiro atoms. The van der Waals surface area contributed by atoms with Crippen LogP contribution in [0.25, 0.3) is 0 Å². The standard InChI is InChI=1S/C34H57N3O4/c1-21-17-33(14-9-22(18-33)10-15-34(40)12-5-6-25(38)19-34)29-32(3,41-29)13-11-27-26(21)20-31(27,2)24-8-7-23(16-24)28(39)37-30(35)36-4/h22-29,38-40H,1,5-20H2,2-4H3,(H3,35,36,37). The molecule has 1 saturated heterocycles. The number of guanidine groups is 1. The summed E-state index contributed by atoms with van der Waals surface area (Å²) in [5.41, 5.74) is 7.10. The van der Waals surface area contributed by atoms with Crippen LogP contribution in [0.1, 0.15) is 117 Å². The zero-order chi connectivity index (χ0) is 29.2. The normalized spacial score (nSPS) is 50.7. The quantitative estimate of drug-likeness (QED) is 0.100. The lowest BCUT2D eigenvalue weighted by molar-refractivity contribution is -0.0712. The summed E-state index contributed by atoms with van der Waals surface area (Å²) in [7, 11) is 1.64. The van der Waals surface area contributed by atoms with E-state index in [4.69, 9.17) is 17.0 Å². The number of nitrogens with two attached hydrogens (primary N) is 1. The van der Waals surface area contributed by atoms with Crippen LogP contribution in [0.2, 0.25) is 0 Å². The maximum atomic E-state index is 11.1. The number of hydrogen-bond acceptors (Lipinski definition) is 5. The topological polar surface area (TPSA) is 124 Å². The summed E-state index contributed by atoms with van der Waals surface area (Å²) in [6, 6.07) is 0. The maximum Gasteiger partial charge on any atom is 0.190 e. The molecule has 6 aliphatic rings. The van der Waals surface area contributed by atoms with E-state index < -0.39 is 11.8 Å². The lowest BCUT2D eigenvalue weighted by Gasteiger charge is -2.58. The molecule has 7 heteroatoms. The van der Waals surface area contributed by atoms with E-state index in [-0.39, 0.29) is 23.0 Å². The van der Waals surface area contributed by atoms with E-state index in [1.165, 1.54) is 44.1 Å². The molecule has 0 radical (unpaired) electrons. The molecule has 6 fully saturated rings. The molecular weight excluding hydrogens is 514 g/mol. The number of epoxide rings is 1. The molecule has 1 heterocycles. The van der Waals surface area contributed by atoms with Gasteiger partial charge in [-0.2, -0.15) is 0 Å². The summed E-state index contributed by atoms with van der Waals surface area (Å²) in [5, 5.41) is 35.0. The van der Waals surface area contributed by atoms with Gasteiger partial charge in [-0.1, -0.05) is 19.1 Å². The Bertz CT molecular complexity index is 1040. The third kappa shape index (κ3) is 5.51. The van der Waals surface area contributed by atoms with Crippen molar-refractivity contribution in [3.05, 3.63) is 12.2 Å². The Balaban J connectivity index is 1.10. The van der Waals surface area contributed by atoms with Crippen molar-refractivity contribution >= 4 is 5.96 Å². The van der Waals surface area contributed by atoms with E-state index in [0.29, 0.717) is 47.6 Å². The van der Waals surface area contributed by atoms with Gasteiger partial charge < -0.3 is 31.1 Å². The first kappa shape index (κ1) is 29.9. The average molecular weight is 572 g/mol. The van der Waals surface area contributed by atoms with Crippen molar-refractivity contribution in [3.63, 3.8) is 0 Å². The molecule has 0 bridgehead atoms. The predicted molar refractivity (Wildman–Crippen MR) is 162 cm³/mol. The third-order valence-corrected chi connectivity index (χ3v) is 13.4. The molecule has 0 amide bonds. The molecule has 0 aromatic heterocycles. The number of fused-ring (bicyclic) bond motifs is 3. The van der Waals surface area contributed by atoms with Crippen molar-refractivity contribution < 1.29 is 20.1 Å². The fourth-order valence-electron chi connectivity index (χ4n) is 11.0. The van der Waals surface area contributed by atoms with Crippen molar-refractivity contribution in [3.8, 4) is 0 Å². The molecule has 41 heavy (non-hydrogen) atoms. The Morgan fingerprint density at radius 3 is 2.68 bits per heavy atom. The molecule has 5 saturated carbocycles. The van der Waals surface area contributed by atoms with E-state index in [1.807, 2.05) is 0 Å². The van der Waals surface area contributed by atoms with Crippen LogP contribution in [0, 0.1) is 40.4 Å². The van der Waals surface area contributed by atoms with Crippen LogP contribution < -0.4 is 11.1 Å². The van der Waals surface area contributed by atoms with E-state index in [9.17, 15) is 15.3 Å². The second-order valence-electron chi connectivity index (χ2n) is 16.1. The monoisotopic (exact) mass is 571 g/mol. The number of allylic oxidation sites excluding steroid dienone is 1. The molecule has 0 aromatic rings. The summed E-state index contributed by atoms with van der Waals surface area (Å²) in [5.74, 6) is 3.03. The van der Waals surface area contributed by atoms with Gasteiger partial charge >= 0.3 is 0 Å². The maximum absolute atomic E-state index is 11.1. The van der Waals surface area contributed by atoms with Crippen LogP contribution >= 0.6 is 0 Å². The minimum Gasteiger partial charge on any atom is -0.393 e. The van der Waals surface area contributed by atoms with Crippen LogP contribution in [0.15, 0.2) is 17.1 Å². The van der Waals surface area contributed by atoms with Crippen molar-refractivity contribution in [1.82, 2.24) is 5.32 Å². The van der Waals surface area contributed by atoms with E-state index >= 15 is 0 Å². The summed E-state index contributed by atoms with van der Waals surface area (Å²) >= 11 is 0. The number of nitrogens with zero attached hydrogens (tertiary/aromatic N) is 1. The van der Waals surface area contributed by atoms with Crippen LogP contribution in [0.3, 0.4) is 0 Å². The van der Waals surface area contributed by atoms with E-state index in [0.717, 1.165) is 57.8 Å². The number of nitrogens with one attached hydrogen (secondary N) is 1. The van der Waals surface area contributed by atoms with Crippen LogP contribution in [0.5, 0.6) is 0 Å². The second kappa shape index (κ2) is 10.8. The minimum absolute atomic E-state index is 0.0123. The Labute approximate surface area is 247 Å². The first-order valence-corrected chi connectivity index (χ1v) is 16.8. The smallest absolute Gasteiger partial charge is 0.190 e. The van der Waals surface area contributed by atoms with Gasteiger partial charge in [-0.15, -0.1) is 0 Å². The highest BCUT2D eigenvalue weighted by Gasteiger charge is 2.67. The number of aliphatic hydroxyl groups is 3. The highest BCUT2D eigenvalue weighted by Crippen LogP contribution is 2.69. The van der Waals surface area contributed by atoms with Crippen molar-refractivity contribution in [2.45, 2.75) is 146 Å². The number of hydrogen-bond donors (Lipinski definition) is 5. The van der Waals surface area contributed by atoms with Gasteiger partial charge in [-0.3, -0.25) is 4.99 Å². The largest absolute Gasteiger partial charge is 0.393 e. The van der Waals surface area contributed by atoms with Crippen LogP contribution in [-0.2, 0) is 4.74 Å². The molecule has 12 atom stereocenters. The molecule has 6 N–H and O–H groups in total.